The molecule has 0 aliphatic heterocycles. The predicted octanol–water partition coefficient (Wildman–Crippen LogP) is 6.00. The van der Waals surface area contributed by atoms with Gasteiger partial charge in [-0.15, -0.1) is 0 Å². The Labute approximate surface area is 162 Å². The Morgan fingerprint density at radius 2 is 1.14 bits per heavy atom. The zero-order chi connectivity index (χ0) is 18.9. The zero-order valence-corrected chi connectivity index (χ0v) is 15.1. The normalized spacial score (nSPS) is 11.0. The van der Waals surface area contributed by atoms with Gasteiger partial charge in [0.25, 0.3) is 0 Å². The summed E-state index contributed by atoms with van der Waals surface area (Å²) in [7, 11) is 0. The van der Waals surface area contributed by atoms with Crippen molar-refractivity contribution in [3.8, 4) is 11.4 Å². The maximum Gasteiger partial charge on any atom is 0.343 e. The van der Waals surface area contributed by atoms with Gasteiger partial charge in [-0.05, 0) is 48.5 Å². The van der Waals surface area contributed by atoms with E-state index in [0.29, 0.717) is 11.3 Å². The number of aromatic nitrogens is 1. The van der Waals surface area contributed by atoms with Crippen molar-refractivity contribution in [2.45, 2.75) is 0 Å². The van der Waals surface area contributed by atoms with E-state index in [1.165, 1.54) is 10.8 Å². The summed E-state index contributed by atoms with van der Waals surface area (Å²) < 4.78 is 7.64. The number of nitrogens with zero attached hydrogens (tertiary/aromatic N) is 1. The molecule has 0 unspecified atom stereocenters. The number of rotatable bonds is 3. The molecule has 0 aliphatic carbocycles. The Balaban J connectivity index is 1.55. The molecule has 0 saturated heterocycles. The van der Waals surface area contributed by atoms with Crippen LogP contribution in [0.5, 0.6) is 5.75 Å². The molecule has 0 saturated carbocycles. The Hall–Kier alpha value is -3.85. The van der Waals surface area contributed by atoms with Crippen LogP contribution in [0.2, 0.25) is 0 Å². The van der Waals surface area contributed by atoms with Crippen LogP contribution in [0.15, 0.2) is 103 Å². The molecule has 0 N–H and O–H groups in total. The fraction of sp³-hybridized carbons (Fsp3) is 0. The van der Waals surface area contributed by atoms with Crippen LogP contribution in [-0.4, -0.2) is 10.5 Å². The number of ether oxygens (including phenoxy) is 1. The van der Waals surface area contributed by atoms with Gasteiger partial charge in [-0.3, -0.25) is 0 Å². The number of fused-ring (bicyclic) bond motifs is 3. The van der Waals surface area contributed by atoms with Gasteiger partial charge in [0.15, 0.2) is 0 Å². The summed E-state index contributed by atoms with van der Waals surface area (Å²) in [5.74, 6) is 0.180. The highest BCUT2D eigenvalue weighted by Crippen LogP contribution is 2.31. The SMILES string of the molecule is O=C(Oc1ccccc1)c1ccc(-n2c3ccccc3c3ccccc32)cc1. The van der Waals surface area contributed by atoms with Gasteiger partial charge in [-0.25, -0.2) is 4.79 Å². The molecule has 5 rings (SSSR count). The molecule has 134 valence electrons. The molecule has 0 amide bonds. The van der Waals surface area contributed by atoms with Crippen LogP contribution in [0.4, 0.5) is 0 Å². The van der Waals surface area contributed by atoms with Crippen molar-refractivity contribution in [2.75, 3.05) is 0 Å². The molecule has 0 bridgehead atoms. The summed E-state index contributed by atoms with van der Waals surface area (Å²) in [5.41, 5.74) is 3.81. The van der Waals surface area contributed by atoms with Gasteiger partial charge in [-0.1, -0.05) is 54.6 Å². The molecule has 3 heteroatoms. The maximum absolute atomic E-state index is 12.4. The Morgan fingerprint density at radius 3 is 1.75 bits per heavy atom. The standard InChI is InChI=1S/C25H17NO2/c27-25(28-20-8-2-1-3-9-20)18-14-16-19(17-15-18)26-23-12-6-4-10-21(23)22-11-5-7-13-24(22)26/h1-17H. The summed E-state index contributed by atoms with van der Waals surface area (Å²) in [5, 5.41) is 2.43. The number of hydrogen-bond acceptors (Lipinski definition) is 2. The molecule has 1 aromatic heterocycles. The Kier molecular flexibility index (Phi) is 3.91. The van der Waals surface area contributed by atoms with Crippen LogP contribution in [-0.2, 0) is 0 Å². The van der Waals surface area contributed by atoms with E-state index in [4.69, 9.17) is 4.74 Å². The summed E-state index contributed by atoms with van der Waals surface area (Å²) in [6, 6.07) is 33.4. The van der Waals surface area contributed by atoms with E-state index in [1.54, 1.807) is 12.1 Å². The van der Waals surface area contributed by atoms with Crippen molar-refractivity contribution >= 4 is 27.8 Å². The second-order valence-corrected chi connectivity index (χ2v) is 6.62. The minimum atomic E-state index is -0.361. The molecule has 0 spiro atoms. The van der Waals surface area contributed by atoms with Crippen LogP contribution in [0, 0.1) is 0 Å². The first-order valence-electron chi connectivity index (χ1n) is 9.17. The Bertz CT molecular complexity index is 1230. The molecule has 28 heavy (non-hydrogen) atoms. The molecule has 0 fully saturated rings. The topological polar surface area (TPSA) is 31.2 Å². The summed E-state index contributed by atoms with van der Waals surface area (Å²) in [4.78, 5) is 12.4. The van der Waals surface area contributed by atoms with Gasteiger partial charge in [0.1, 0.15) is 5.75 Å². The van der Waals surface area contributed by atoms with Crippen molar-refractivity contribution in [1.82, 2.24) is 4.57 Å². The molecule has 4 aromatic carbocycles. The zero-order valence-electron chi connectivity index (χ0n) is 15.1. The van der Waals surface area contributed by atoms with Crippen LogP contribution in [0.25, 0.3) is 27.5 Å². The first-order chi connectivity index (χ1) is 13.8. The highest BCUT2D eigenvalue weighted by Gasteiger charge is 2.13. The average molecular weight is 363 g/mol. The predicted molar refractivity (Wildman–Crippen MR) is 112 cm³/mol. The second-order valence-electron chi connectivity index (χ2n) is 6.62. The van der Waals surface area contributed by atoms with E-state index in [2.05, 4.69) is 41.0 Å². The summed E-state index contributed by atoms with van der Waals surface area (Å²) in [6.45, 7) is 0. The second kappa shape index (κ2) is 6.71. The lowest BCUT2D eigenvalue weighted by atomic mass is 10.2. The van der Waals surface area contributed by atoms with Crippen molar-refractivity contribution in [2.24, 2.45) is 0 Å². The number of esters is 1. The molecular weight excluding hydrogens is 346 g/mol. The highest BCUT2D eigenvalue weighted by atomic mass is 16.5. The number of para-hydroxylation sites is 3. The van der Waals surface area contributed by atoms with E-state index in [1.807, 2.05) is 54.6 Å². The van der Waals surface area contributed by atoms with Gasteiger partial charge < -0.3 is 9.30 Å². The van der Waals surface area contributed by atoms with Crippen molar-refractivity contribution in [3.05, 3.63) is 109 Å². The number of carbonyl (C=O) groups is 1. The third kappa shape index (κ3) is 2.74. The first kappa shape index (κ1) is 16.3. The summed E-state index contributed by atoms with van der Waals surface area (Å²) >= 11 is 0. The molecule has 0 atom stereocenters. The quantitative estimate of drug-likeness (QED) is 0.291. The van der Waals surface area contributed by atoms with Crippen LogP contribution >= 0.6 is 0 Å². The molecule has 0 aliphatic rings. The minimum Gasteiger partial charge on any atom is -0.423 e. The first-order valence-corrected chi connectivity index (χ1v) is 9.17. The molecule has 5 aromatic rings. The van der Waals surface area contributed by atoms with Gasteiger partial charge in [0.05, 0.1) is 16.6 Å². The van der Waals surface area contributed by atoms with Crippen LogP contribution in [0.1, 0.15) is 10.4 Å². The van der Waals surface area contributed by atoms with Crippen molar-refractivity contribution < 1.29 is 9.53 Å². The van der Waals surface area contributed by atoms with E-state index < -0.39 is 0 Å². The van der Waals surface area contributed by atoms with E-state index >= 15 is 0 Å². The fourth-order valence-corrected chi connectivity index (χ4v) is 3.60. The molecule has 3 nitrogen and oxygen atoms in total. The monoisotopic (exact) mass is 363 g/mol. The van der Waals surface area contributed by atoms with E-state index in [-0.39, 0.29) is 5.97 Å². The molecule has 0 radical (unpaired) electrons. The number of carbonyl (C=O) groups excluding carboxylic acids is 1. The summed E-state index contributed by atoms with van der Waals surface area (Å²) in [6.07, 6.45) is 0. The third-order valence-electron chi connectivity index (χ3n) is 4.90. The number of benzene rings is 4. The van der Waals surface area contributed by atoms with E-state index in [9.17, 15) is 4.79 Å². The lowest BCUT2D eigenvalue weighted by Crippen LogP contribution is -2.08. The lowest BCUT2D eigenvalue weighted by Gasteiger charge is -2.09. The van der Waals surface area contributed by atoms with Crippen LogP contribution in [0.3, 0.4) is 0 Å². The van der Waals surface area contributed by atoms with E-state index in [0.717, 1.165) is 16.7 Å². The largest absolute Gasteiger partial charge is 0.423 e. The smallest absolute Gasteiger partial charge is 0.343 e. The van der Waals surface area contributed by atoms with Gasteiger partial charge in [0, 0.05) is 16.5 Å². The Morgan fingerprint density at radius 1 is 0.607 bits per heavy atom. The van der Waals surface area contributed by atoms with Gasteiger partial charge >= 0.3 is 5.97 Å². The fourth-order valence-electron chi connectivity index (χ4n) is 3.60. The number of hydrogen-bond donors (Lipinski definition) is 0. The minimum absolute atomic E-state index is 0.361. The van der Waals surface area contributed by atoms with Gasteiger partial charge in [0.2, 0.25) is 0 Å². The highest BCUT2D eigenvalue weighted by molar-refractivity contribution is 6.09. The van der Waals surface area contributed by atoms with Crippen molar-refractivity contribution in [1.29, 1.82) is 0 Å². The van der Waals surface area contributed by atoms with Crippen LogP contribution < -0.4 is 4.74 Å². The molecule has 1 heterocycles. The average Bonchev–Trinajstić information content (AvgIpc) is 3.09. The third-order valence-corrected chi connectivity index (χ3v) is 4.90. The molecular formula is C25H17NO2. The lowest BCUT2D eigenvalue weighted by molar-refractivity contribution is 0.0735. The van der Waals surface area contributed by atoms with Crippen molar-refractivity contribution in [3.63, 3.8) is 0 Å². The van der Waals surface area contributed by atoms with Gasteiger partial charge in [-0.2, -0.15) is 0 Å². The maximum atomic E-state index is 12.4.